The third-order valence-corrected chi connectivity index (χ3v) is 5.38. The van der Waals surface area contributed by atoms with E-state index in [1.165, 1.54) is 0 Å². The smallest absolute Gasteiger partial charge is 0.333 e. The fourth-order valence-electron chi connectivity index (χ4n) is 3.48. The Labute approximate surface area is 188 Å². The molecule has 0 radical (unpaired) electrons. The van der Waals surface area contributed by atoms with Crippen LogP contribution >= 0.6 is 0 Å². The summed E-state index contributed by atoms with van der Waals surface area (Å²) in [7, 11) is 0. The lowest BCUT2D eigenvalue weighted by atomic mass is 9.91. The summed E-state index contributed by atoms with van der Waals surface area (Å²) in [4.78, 5) is 14.6. The number of hydrogen-bond donors (Lipinski definition) is 2. The number of benzene rings is 2. The molecule has 1 atom stereocenters. The van der Waals surface area contributed by atoms with Crippen LogP contribution in [0.4, 0.5) is 5.69 Å². The van der Waals surface area contributed by atoms with E-state index in [2.05, 4.69) is 16.3 Å². The van der Waals surface area contributed by atoms with Crippen LogP contribution in [0.1, 0.15) is 25.0 Å². The fourth-order valence-corrected chi connectivity index (χ4v) is 3.48. The van der Waals surface area contributed by atoms with Crippen LogP contribution in [-0.4, -0.2) is 62.0 Å². The van der Waals surface area contributed by atoms with Crippen molar-refractivity contribution in [2.45, 2.75) is 19.4 Å². The van der Waals surface area contributed by atoms with Crippen LogP contribution in [0.5, 0.6) is 11.5 Å². The van der Waals surface area contributed by atoms with Gasteiger partial charge >= 0.3 is 5.97 Å². The van der Waals surface area contributed by atoms with Gasteiger partial charge in [0.15, 0.2) is 5.54 Å². The number of nitrogens with zero attached hydrogens (tertiary/aromatic N) is 2. The molecule has 1 unspecified atom stereocenters. The number of nitriles is 1. The molecule has 0 aliphatic carbocycles. The van der Waals surface area contributed by atoms with Gasteiger partial charge in [-0.2, -0.15) is 5.26 Å². The maximum atomic E-state index is 12.3. The zero-order valence-electron chi connectivity index (χ0n) is 18.5. The Bertz CT molecular complexity index is 951. The summed E-state index contributed by atoms with van der Waals surface area (Å²) >= 11 is 0. The molecule has 3 rings (SSSR count). The van der Waals surface area contributed by atoms with Gasteiger partial charge in [0, 0.05) is 31.4 Å². The number of carboxylic acid groups (broad SMARTS) is 1. The van der Waals surface area contributed by atoms with Crippen molar-refractivity contribution in [3.05, 3.63) is 53.6 Å². The molecule has 170 valence electrons. The first kappa shape index (κ1) is 23.4. The van der Waals surface area contributed by atoms with Gasteiger partial charge in [0.2, 0.25) is 0 Å². The molecule has 8 heteroatoms. The van der Waals surface area contributed by atoms with Crippen LogP contribution in [0.3, 0.4) is 0 Å². The van der Waals surface area contributed by atoms with E-state index in [1.54, 1.807) is 49.4 Å². The van der Waals surface area contributed by atoms with Gasteiger partial charge in [0.1, 0.15) is 18.1 Å². The van der Waals surface area contributed by atoms with Gasteiger partial charge in [-0.1, -0.05) is 0 Å². The number of carbonyl (C=O) groups is 1. The van der Waals surface area contributed by atoms with Gasteiger partial charge in [-0.15, -0.1) is 0 Å². The second kappa shape index (κ2) is 10.8. The summed E-state index contributed by atoms with van der Waals surface area (Å²) < 4.78 is 17.0. The number of morpholine rings is 1. The first-order chi connectivity index (χ1) is 15.4. The molecular weight excluding hydrogens is 410 g/mol. The van der Waals surface area contributed by atoms with Gasteiger partial charge in [0.25, 0.3) is 0 Å². The maximum absolute atomic E-state index is 12.3. The van der Waals surface area contributed by atoms with Crippen LogP contribution < -0.4 is 14.8 Å². The normalized spacial score (nSPS) is 15.9. The van der Waals surface area contributed by atoms with E-state index in [0.717, 1.165) is 32.8 Å². The lowest BCUT2D eigenvalue weighted by molar-refractivity contribution is -0.142. The molecule has 2 aromatic carbocycles. The summed E-state index contributed by atoms with van der Waals surface area (Å²) in [5, 5.41) is 22.2. The third kappa shape index (κ3) is 5.90. The minimum Gasteiger partial charge on any atom is -0.494 e. The van der Waals surface area contributed by atoms with Crippen molar-refractivity contribution >= 4 is 11.7 Å². The maximum Gasteiger partial charge on any atom is 0.333 e. The first-order valence-corrected chi connectivity index (χ1v) is 10.7. The first-order valence-electron chi connectivity index (χ1n) is 10.7. The quantitative estimate of drug-likeness (QED) is 0.582. The predicted molar refractivity (Wildman–Crippen MR) is 120 cm³/mol. The Hall–Kier alpha value is -3.28. The van der Waals surface area contributed by atoms with Crippen molar-refractivity contribution in [3.8, 4) is 17.6 Å². The highest BCUT2D eigenvalue weighted by atomic mass is 16.5. The minimum atomic E-state index is -1.44. The van der Waals surface area contributed by atoms with Gasteiger partial charge in [-0.3, -0.25) is 4.90 Å². The topological polar surface area (TPSA) is 104 Å². The molecule has 0 saturated carbocycles. The van der Waals surface area contributed by atoms with Crippen LogP contribution in [0, 0.1) is 11.3 Å². The van der Waals surface area contributed by atoms with Crippen molar-refractivity contribution in [2.75, 3.05) is 51.4 Å². The molecule has 1 heterocycles. The van der Waals surface area contributed by atoms with Gasteiger partial charge in [-0.25, -0.2) is 4.79 Å². The number of rotatable bonds is 10. The molecule has 0 spiro atoms. The van der Waals surface area contributed by atoms with Crippen LogP contribution in [0.15, 0.2) is 42.5 Å². The molecule has 1 saturated heterocycles. The Morgan fingerprint density at radius 1 is 1.19 bits per heavy atom. The minimum absolute atomic E-state index is 0.448. The van der Waals surface area contributed by atoms with Crippen molar-refractivity contribution in [1.29, 1.82) is 5.26 Å². The van der Waals surface area contributed by atoms with Crippen LogP contribution in [0.2, 0.25) is 0 Å². The van der Waals surface area contributed by atoms with Gasteiger partial charge in [0.05, 0.1) is 31.5 Å². The molecule has 1 aliphatic rings. The zero-order chi connectivity index (χ0) is 23.0. The second-order valence-corrected chi connectivity index (χ2v) is 7.67. The lowest BCUT2D eigenvalue weighted by Gasteiger charge is -2.29. The Morgan fingerprint density at radius 3 is 2.44 bits per heavy atom. The van der Waals surface area contributed by atoms with E-state index in [1.807, 2.05) is 6.92 Å². The van der Waals surface area contributed by atoms with Crippen molar-refractivity contribution < 1.29 is 24.1 Å². The summed E-state index contributed by atoms with van der Waals surface area (Å²) in [6, 6.07) is 13.9. The summed E-state index contributed by atoms with van der Waals surface area (Å²) in [6.45, 7) is 8.35. The highest BCUT2D eigenvalue weighted by Crippen LogP contribution is 2.33. The summed E-state index contributed by atoms with van der Waals surface area (Å²) in [5.74, 6) is 0.0450. The molecule has 0 bridgehead atoms. The number of anilines is 1. The predicted octanol–water partition coefficient (Wildman–Crippen LogP) is 3.08. The Kier molecular flexibility index (Phi) is 7.92. The van der Waals surface area contributed by atoms with E-state index in [9.17, 15) is 9.90 Å². The van der Waals surface area contributed by atoms with Crippen LogP contribution in [0.25, 0.3) is 0 Å². The Morgan fingerprint density at radius 2 is 1.84 bits per heavy atom. The molecule has 2 N–H and O–H groups in total. The third-order valence-electron chi connectivity index (χ3n) is 5.38. The fraction of sp³-hybridized carbons (Fsp3) is 0.417. The van der Waals surface area contributed by atoms with E-state index < -0.39 is 11.5 Å². The van der Waals surface area contributed by atoms with Crippen molar-refractivity contribution in [3.63, 3.8) is 0 Å². The summed E-state index contributed by atoms with van der Waals surface area (Å²) in [6.07, 6.45) is 0. The number of aliphatic carboxylic acids is 1. The molecule has 8 nitrogen and oxygen atoms in total. The van der Waals surface area contributed by atoms with E-state index in [-0.39, 0.29) is 0 Å². The zero-order valence-corrected chi connectivity index (χ0v) is 18.5. The molecule has 32 heavy (non-hydrogen) atoms. The number of nitrogens with one attached hydrogen (secondary N) is 1. The van der Waals surface area contributed by atoms with Gasteiger partial charge in [-0.05, 0) is 55.8 Å². The highest BCUT2D eigenvalue weighted by molar-refractivity contribution is 5.84. The molecule has 1 aliphatic heterocycles. The second-order valence-electron chi connectivity index (χ2n) is 7.67. The van der Waals surface area contributed by atoms with Crippen LogP contribution in [-0.2, 0) is 15.1 Å². The average Bonchev–Trinajstić information content (AvgIpc) is 2.80. The highest BCUT2D eigenvalue weighted by Gasteiger charge is 2.36. The molecule has 0 aromatic heterocycles. The van der Waals surface area contributed by atoms with Crippen molar-refractivity contribution in [1.82, 2.24) is 4.90 Å². The average molecular weight is 440 g/mol. The molecule has 0 amide bonds. The monoisotopic (exact) mass is 439 g/mol. The van der Waals surface area contributed by atoms with E-state index in [0.29, 0.717) is 41.5 Å². The number of hydrogen-bond acceptors (Lipinski definition) is 7. The number of ether oxygens (including phenoxy) is 3. The molecule has 2 aromatic rings. The van der Waals surface area contributed by atoms with E-state index in [4.69, 9.17) is 19.5 Å². The largest absolute Gasteiger partial charge is 0.494 e. The molecule has 1 fully saturated rings. The van der Waals surface area contributed by atoms with Crippen molar-refractivity contribution in [2.24, 2.45) is 0 Å². The number of carboxylic acids is 1. The Balaban J connectivity index is 1.82. The SMILES string of the molecule is CCOc1cc(OCCN2CCOCC2)cc(C(C)(Nc2ccc(C#N)cc2)C(=O)O)c1. The summed E-state index contributed by atoms with van der Waals surface area (Å²) in [5.41, 5.74) is 0.151. The standard InChI is InChI=1S/C24H29N3O5/c1-3-31-21-14-19(15-22(16-21)32-13-10-27-8-11-30-12-9-27)24(2,23(28)29)26-20-6-4-18(17-25)5-7-20/h4-7,14-16,26H,3,8-13H2,1-2H3,(H,28,29). The molecular formula is C24H29N3O5. The van der Waals surface area contributed by atoms with E-state index >= 15 is 0 Å². The van der Waals surface area contributed by atoms with Gasteiger partial charge < -0.3 is 24.6 Å². The lowest BCUT2D eigenvalue weighted by Crippen LogP contribution is -2.40.